The van der Waals surface area contributed by atoms with Crippen molar-refractivity contribution < 1.29 is 42.5 Å². The predicted molar refractivity (Wildman–Crippen MR) is 161 cm³/mol. The first kappa shape index (κ1) is 32.5. The van der Waals surface area contributed by atoms with Crippen LogP contribution in [-0.2, 0) is 25.5 Å². The Bertz CT molecular complexity index is 1590. The number of halogens is 1. The van der Waals surface area contributed by atoms with E-state index in [2.05, 4.69) is 10.3 Å². The molecular weight excluding hydrogens is 583 g/mol. The zero-order valence-electron chi connectivity index (χ0n) is 25.0. The van der Waals surface area contributed by atoms with Crippen LogP contribution in [0.25, 0.3) is 0 Å². The van der Waals surface area contributed by atoms with Crippen molar-refractivity contribution in [2.24, 2.45) is 0 Å². The number of pyridine rings is 1. The van der Waals surface area contributed by atoms with Gasteiger partial charge in [0.2, 0.25) is 6.79 Å². The molecule has 11 heteroatoms. The molecule has 4 rings (SSSR count). The Morgan fingerprint density at radius 3 is 2.31 bits per heavy atom. The van der Waals surface area contributed by atoms with Crippen molar-refractivity contribution in [3.63, 3.8) is 0 Å². The van der Waals surface area contributed by atoms with Crippen LogP contribution in [-0.4, -0.2) is 48.9 Å². The molecule has 0 aliphatic heterocycles. The minimum absolute atomic E-state index is 0.0772. The van der Waals surface area contributed by atoms with Crippen LogP contribution in [0.1, 0.15) is 41.6 Å². The lowest BCUT2D eigenvalue weighted by Gasteiger charge is -2.27. The van der Waals surface area contributed by atoms with E-state index in [-0.39, 0.29) is 29.4 Å². The minimum atomic E-state index is -1.16. The van der Waals surface area contributed by atoms with Gasteiger partial charge in [-0.2, -0.15) is 0 Å². The number of rotatable bonds is 14. The number of carbonyl (C=O) groups excluding carboxylic acids is 3. The van der Waals surface area contributed by atoms with Crippen molar-refractivity contribution in [3.8, 4) is 17.2 Å². The summed E-state index contributed by atoms with van der Waals surface area (Å²) in [5.74, 6) is -2.21. The van der Waals surface area contributed by atoms with Gasteiger partial charge in [-0.05, 0) is 30.2 Å². The highest BCUT2D eigenvalue weighted by Crippen LogP contribution is 2.30. The summed E-state index contributed by atoms with van der Waals surface area (Å²) in [7, 11) is 1.38. The fraction of sp³-hybridized carbons (Fsp3) is 0.235. The summed E-state index contributed by atoms with van der Waals surface area (Å²) in [5.41, 5.74) is 1.26. The summed E-state index contributed by atoms with van der Waals surface area (Å²) in [5, 5.41) is 2.70. The number of nitrogens with one attached hydrogen (secondary N) is 1. The van der Waals surface area contributed by atoms with Crippen LogP contribution in [0.15, 0.2) is 97.2 Å². The second-order valence-corrected chi connectivity index (χ2v) is 9.85. The lowest BCUT2D eigenvalue weighted by Crippen LogP contribution is -2.45. The van der Waals surface area contributed by atoms with Crippen LogP contribution >= 0.6 is 0 Å². The number of nitrogens with zero attached hydrogens (tertiary/aromatic N) is 1. The number of esters is 2. The first-order valence-electron chi connectivity index (χ1n) is 14.1. The number of carbonyl (C=O) groups is 3. The maximum Gasteiger partial charge on any atom is 0.329 e. The molecule has 1 heterocycles. The number of ether oxygens (including phenoxy) is 5. The molecule has 0 saturated carbocycles. The molecule has 1 amide bonds. The summed E-state index contributed by atoms with van der Waals surface area (Å²) in [4.78, 5) is 42.7. The molecule has 45 heavy (non-hydrogen) atoms. The second kappa shape index (κ2) is 15.9. The highest BCUT2D eigenvalue weighted by Gasteiger charge is 2.31. The SMILES string of the molecule is COc1ccnc(C(=O)N[C@@H](Cc2ccccc2)C(=O)O[C@@H](C)[C@H](Oc2cccc(F)c2)c2ccccc2)c1OCOC(C)=O. The van der Waals surface area contributed by atoms with Crippen molar-refractivity contribution in [3.05, 3.63) is 120 Å². The Labute approximate surface area is 260 Å². The minimum Gasteiger partial charge on any atom is -0.493 e. The molecule has 0 fully saturated rings. The zero-order chi connectivity index (χ0) is 32.2. The van der Waals surface area contributed by atoms with Gasteiger partial charge in [0.25, 0.3) is 5.91 Å². The Morgan fingerprint density at radius 1 is 0.933 bits per heavy atom. The lowest BCUT2D eigenvalue weighted by atomic mass is 10.0. The molecule has 0 bridgehead atoms. The van der Waals surface area contributed by atoms with Gasteiger partial charge < -0.3 is 29.0 Å². The van der Waals surface area contributed by atoms with E-state index < -0.39 is 48.7 Å². The first-order valence-corrected chi connectivity index (χ1v) is 14.1. The zero-order valence-corrected chi connectivity index (χ0v) is 25.0. The van der Waals surface area contributed by atoms with Gasteiger partial charge in [-0.25, -0.2) is 14.2 Å². The van der Waals surface area contributed by atoms with Gasteiger partial charge in [0, 0.05) is 31.7 Å². The van der Waals surface area contributed by atoms with Crippen LogP contribution in [0.5, 0.6) is 17.2 Å². The van der Waals surface area contributed by atoms with Gasteiger partial charge in [0.15, 0.2) is 23.3 Å². The molecule has 0 radical (unpaired) electrons. The number of hydrogen-bond acceptors (Lipinski definition) is 9. The third kappa shape index (κ3) is 9.27. The highest BCUT2D eigenvalue weighted by molar-refractivity contribution is 5.98. The Balaban J connectivity index is 1.59. The third-order valence-corrected chi connectivity index (χ3v) is 6.56. The maximum atomic E-state index is 13.9. The van der Waals surface area contributed by atoms with Gasteiger partial charge in [0.05, 0.1) is 7.11 Å². The molecule has 1 N–H and O–H groups in total. The van der Waals surface area contributed by atoms with Gasteiger partial charge >= 0.3 is 11.9 Å². The average molecular weight is 617 g/mol. The summed E-state index contributed by atoms with van der Waals surface area (Å²) in [6.07, 6.45) is -0.234. The van der Waals surface area contributed by atoms with Crippen LogP contribution in [0.3, 0.4) is 0 Å². The second-order valence-electron chi connectivity index (χ2n) is 9.85. The van der Waals surface area contributed by atoms with E-state index in [9.17, 15) is 18.8 Å². The standard InChI is InChI=1S/C34H33FN2O8/c1-22(31(25-13-8-5-9-14-25)45-27-16-10-15-26(35)20-27)44-34(40)28(19-24-11-6-4-7-12-24)37-33(39)30-32(43-21-42-23(2)38)29(41-3)17-18-36-30/h4-18,20,22,28,31H,19,21H2,1-3H3,(H,37,39)/t22-,28-,31-/m0/s1. The van der Waals surface area contributed by atoms with Gasteiger partial charge in [0.1, 0.15) is 23.7 Å². The molecule has 0 saturated heterocycles. The van der Waals surface area contributed by atoms with E-state index >= 15 is 0 Å². The predicted octanol–water partition coefficient (Wildman–Crippen LogP) is 5.22. The lowest BCUT2D eigenvalue weighted by molar-refractivity contribution is -0.155. The molecular formula is C34H33FN2O8. The van der Waals surface area contributed by atoms with Gasteiger partial charge in [-0.3, -0.25) is 9.59 Å². The third-order valence-electron chi connectivity index (χ3n) is 6.56. The van der Waals surface area contributed by atoms with Crippen LogP contribution < -0.4 is 19.5 Å². The molecule has 10 nitrogen and oxygen atoms in total. The van der Waals surface area contributed by atoms with Crippen molar-refractivity contribution in [1.29, 1.82) is 0 Å². The molecule has 3 aromatic carbocycles. The van der Waals surface area contributed by atoms with E-state index in [0.29, 0.717) is 5.56 Å². The largest absolute Gasteiger partial charge is 0.493 e. The molecule has 0 aliphatic rings. The fourth-order valence-corrected chi connectivity index (χ4v) is 4.43. The highest BCUT2D eigenvalue weighted by atomic mass is 19.1. The molecule has 4 aromatic rings. The number of methoxy groups -OCH3 is 1. The number of aromatic nitrogens is 1. The number of benzene rings is 3. The summed E-state index contributed by atoms with van der Waals surface area (Å²) in [6.45, 7) is 2.38. The topological polar surface area (TPSA) is 122 Å². The van der Waals surface area contributed by atoms with Gasteiger partial charge in [-0.1, -0.05) is 66.7 Å². The van der Waals surface area contributed by atoms with E-state index in [4.69, 9.17) is 23.7 Å². The van der Waals surface area contributed by atoms with Gasteiger partial charge in [-0.15, -0.1) is 0 Å². The monoisotopic (exact) mass is 616 g/mol. The average Bonchev–Trinajstić information content (AvgIpc) is 3.04. The molecule has 234 valence electrons. The summed E-state index contributed by atoms with van der Waals surface area (Å²) >= 11 is 0. The van der Waals surface area contributed by atoms with Crippen LogP contribution in [0.4, 0.5) is 4.39 Å². The summed E-state index contributed by atoms with van der Waals surface area (Å²) in [6, 6.07) is 24.1. The Hall–Kier alpha value is -5.45. The Kier molecular flexibility index (Phi) is 11.4. The van der Waals surface area contributed by atoms with E-state index in [1.165, 1.54) is 44.5 Å². The Morgan fingerprint density at radius 2 is 1.64 bits per heavy atom. The first-order chi connectivity index (χ1) is 21.7. The van der Waals surface area contributed by atoms with E-state index in [0.717, 1.165) is 5.56 Å². The van der Waals surface area contributed by atoms with Crippen molar-refractivity contribution >= 4 is 17.8 Å². The summed E-state index contributed by atoms with van der Waals surface area (Å²) < 4.78 is 41.6. The van der Waals surface area contributed by atoms with Crippen LogP contribution in [0, 0.1) is 5.82 Å². The fourth-order valence-electron chi connectivity index (χ4n) is 4.43. The molecule has 0 spiro atoms. The smallest absolute Gasteiger partial charge is 0.329 e. The molecule has 1 aromatic heterocycles. The molecule has 0 unspecified atom stereocenters. The normalized spacial score (nSPS) is 12.6. The number of amides is 1. The quantitative estimate of drug-likeness (QED) is 0.150. The molecule has 0 aliphatic carbocycles. The maximum absolute atomic E-state index is 13.9. The number of hydrogen-bond donors (Lipinski definition) is 1. The van der Waals surface area contributed by atoms with Crippen molar-refractivity contribution in [2.45, 2.75) is 38.5 Å². The van der Waals surface area contributed by atoms with Crippen molar-refractivity contribution in [1.82, 2.24) is 10.3 Å². The van der Waals surface area contributed by atoms with E-state index in [1.807, 2.05) is 60.7 Å². The molecule has 3 atom stereocenters. The van der Waals surface area contributed by atoms with E-state index in [1.54, 1.807) is 13.0 Å². The van der Waals surface area contributed by atoms with Crippen LogP contribution in [0.2, 0.25) is 0 Å². The van der Waals surface area contributed by atoms with Crippen molar-refractivity contribution in [2.75, 3.05) is 13.9 Å².